The number of piperazine rings is 1. The highest BCUT2D eigenvalue weighted by Crippen LogP contribution is 2.33. The zero-order valence-corrected chi connectivity index (χ0v) is 17.6. The van der Waals surface area contributed by atoms with Crippen LogP contribution in [0.5, 0.6) is 5.75 Å². The molecule has 3 aliphatic rings. The molecule has 1 aliphatic carbocycles. The van der Waals surface area contributed by atoms with E-state index in [2.05, 4.69) is 5.32 Å². The van der Waals surface area contributed by atoms with Gasteiger partial charge in [-0.1, -0.05) is 31.0 Å². The minimum Gasteiger partial charge on any atom is -0.481 e. The Labute approximate surface area is 173 Å². The zero-order valence-electron chi connectivity index (χ0n) is 17.6. The van der Waals surface area contributed by atoms with E-state index in [-0.39, 0.29) is 17.9 Å². The monoisotopic (exact) mass is 399 g/mol. The van der Waals surface area contributed by atoms with Crippen molar-refractivity contribution in [1.82, 2.24) is 15.1 Å². The highest BCUT2D eigenvalue weighted by molar-refractivity contribution is 5.84. The first-order valence-electron chi connectivity index (χ1n) is 11.1. The second-order valence-corrected chi connectivity index (χ2v) is 8.78. The summed E-state index contributed by atoms with van der Waals surface area (Å²) in [6.45, 7) is 6.14. The van der Waals surface area contributed by atoms with Gasteiger partial charge in [-0.2, -0.15) is 0 Å². The molecule has 4 atom stereocenters. The van der Waals surface area contributed by atoms with Crippen molar-refractivity contribution in [2.45, 2.75) is 64.1 Å². The Hall–Kier alpha value is -2.08. The first kappa shape index (κ1) is 20.2. The number of benzene rings is 1. The fourth-order valence-electron chi connectivity index (χ4n) is 5.06. The normalized spacial score (nSPS) is 28.0. The molecule has 1 saturated carbocycles. The highest BCUT2D eigenvalue weighted by Gasteiger charge is 2.40. The Morgan fingerprint density at radius 2 is 1.76 bits per heavy atom. The van der Waals surface area contributed by atoms with Gasteiger partial charge in [0.2, 0.25) is 5.91 Å². The van der Waals surface area contributed by atoms with E-state index in [1.54, 1.807) is 6.92 Å². The lowest BCUT2D eigenvalue weighted by Crippen LogP contribution is -2.56. The van der Waals surface area contributed by atoms with Gasteiger partial charge in [0.15, 0.2) is 6.10 Å². The van der Waals surface area contributed by atoms with Crippen LogP contribution in [0.25, 0.3) is 0 Å². The van der Waals surface area contributed by atoms with Crippen molar-refractivity contribution in [3.05, 3.63) is 29.8 Å². The fraction of sp³-hybridized carbons (Fsp3) is 0.652. The number of amides is 2. The van der Waals surface area contributed by atoms with Crippen molar-refractivity contribution in [2.75, 3.05) is 26.2 Å². The lowest BCUT2D eigenvalue weighted by molar-refractivity contribution is -0.144. The first-order chi connectivity index (χ1) is 14.0. The maximum atomic E-state index is 13.0. The van der Waals surface area contributed by atoms with Crippen LogP contribution in [0.4, 0.5) is 0 Å². The van der Waals surface area contributed by atoms with Gasteiger partial charge in [0.1, 0.15) is 5.75 Å². The molecule has 2 saturated heterocycles. The van der Waals surface area contributed by atoms with Crippen molar-refractivity contribution in [2.24, 2.45) is 5.92 Å². The number of hydrogen-bond acceptors (Lipinski definition) is 4. The van der Waals surface area contributed by atoms with Crippen molar-refractivity contribution >= 4 is 11.8 Å². The smallest absolute Gasteiger partial charge is 0.263 e. The van der Waals surface area contributed by atoms with E-state index in [4.69, 9.17) is 4.74 Å². The summed E-state index contributed by atoms with van der Waals surface area (Å²) in [6.07, 6.45) is 5.48. The summed E-state index contributed by atoms with van der Waals surface area (Å²) in [5.74, 6) is 1.62. The Bertz CT molecular complexity index is 731. The number of para-hydroxylation sites is 1. The molecule has 29 heavy (non-hydrogen) atoms. The molecule has 4 unspecified atom stereocenters. The van der Waals surface area contributed by atoms with E-state index in [0.29, 0.717) is 38.1 Å². The van der Waals surface area contributed by atoms with E-state index in [0.717, 1.165) is 17.7 Å². The standard InChI is InChI=1S/C23H33N3O3/c1-16-7-3-6-10-21(16)29-17(2)22(27)25-11-13-26(14-12-25)23(28)20-15-18-8-4-5-9-19(18)24-20/h3,6-7,10,17-20,24H,4-5,8-9,11-15H2,1-2H3. The quantitative estimate of drug-likeness (QED) is 0.844. The van der Waals surface area contributed by atoms with E-state index < -0.39 is 6.10 Å². The number of nitrogens with one attached hydrogen (secondary N) is 1. The molecular weight excluding hydrogens is 366 g/mol. The van der Waals surface area contributed by atoms with E-state index in [1.165, 1.54) is 25.7 Å². The van der Waals surface area contributed by atoms with Crippen molar-refractivity contribution in [3.63, 3.8) is 0 Å². The number of fused-ring (bicyclic) bond motifs is 1. The summed E-state index contributed by atoms with van der Waals surface area (Å²) in [5, 5.41) is 3.58. The van der Waals surface area contributed by atoms with Gasteiger partial charge >= 0.3 is 0 Å². The van der Waals surface area contributed by atoms with Gasteiger partial charge < -0.3 is 19.9 Å². The minimum atomic E-state index is -0.530. The molecule has 4 rings (SSSR count). The number of rotatable bonds is 4. The SMILES string of the molecule is Cc1ccccc1OC(C)C(=O)N1CCN(C(=O)C2CC3CCCCC3N2)CC1. The van der Waals surface area contributed by atoms with Crippen molar-refractivity contribution in [1.29, 1.82) is 0 Å². The van der Waals surface area contributed by atoms with Gasteiger partial charge in [-0.15, -0.1) is 0 Å². The highest BCUT2D eigenvalue weighted by atomic mass is 16.5. The maximum absolute atomic E-state index is 13.0. The number of hydrogen-bond donors (Lipinski definition) is 1. The first-order valence-corrected chi connectivity index (χ1v) is 11.1. The third-order valence-electron chi connectivity index (χ3n) is 6.81. The summed E-state index contributed by atoms with van der Waals surface area (Å²) in [4.78, 5) is 29.5. The number of aryl methyl sites for hydroxylation is 1. The van der Waals surface area contributed by atoms with E-state index in [1.807, 2.05) is 41.0 Å². The van der Waals surface area contributed by atoms with E-state index in [9.17, 15) is 9.59 Å². The predicted octanol–water partition coefficient (Wildman–Crippen LogP) is 2.35. The molecule has 0 radical (unpaired) electrons. The summed E-state index contributed by atoms with van der Waals surface area (Å²) in [6, 6.07) is 8.23. The summed E-state index contributed by atoms with van der Waals surface area (Å²) in [7, 11) is 0. The topological polar surface area (TPSA) is 61.9 Å². The zero-order chi connectivity index (χ0) is 20.4. The summed E-state index contributed by atoms with van der Waals surface area (Å²) >= 11 is 0. The lowest BCUT2D eigenvalue weighted by atomic mass is 9.85. The average Bonchev–Trinajstić information content (AvgIpc) is 3.18. The number of carbonyl (C=O) groups excluding carboxylic acids is 2. The largest absolute Gasteiger partial charge is 0.481 e. The van der Waals surface area contributed by atoms with Gasteiger partial charge in [0.05, 0.1) is 6.04 Å². The molecule has 158 valence electrons. The van der Waals surface area contributed by atoms with Crippen LogP contribution in [0.3, 0.4) is 0 Å². The molecule has 6 nitrogen and oxygen atoms in total. The molecule has 0 aromatic heterocycles. The van der Waals surface area contributed by atoms with Crippen LogP contribution in [-0.2, 0) is 9.59 Å². The van der Waals surface area contributed by atoms with Gasteiger partial charge in [-0.05, 0) is 50.7 Å². The van der Waals surface area contributed by atoms with Gasteiger partial charge in [0, 0.05) is 32.2 Å². The Morgan fingerprint density at radius 1 is 1.07 bits per heavy atom. The molecule has 6 heteroatoms. The number of ether oxygens (including phenoxy) is 1. The fourth-order valence-corrected chi connectivity index (χ4v) is 5.06. The Morgan fingerprint density at radius 3 is 2.48 bits per heavy atom. The van der Waals surface area contributed by atoms with Crippen molar-refractivity contribution in [3.8, 4) is 5.75 Å². The Kier molecular flexibility index (Phi) is 6.09. The molecule has 3 fully saturated rings. The molecule has 0 bridgehead atoms. The molecule has 2 amide bonds. The third-order valence-corrected chi connectivity index (χ3v) is 6.81. The van der Waals surface area contributed by atoms with Crippen LogP contribution < -0.4 is 10.1 Å². The van der Waals surface area contributed by atoms with Crippen LogP contribution in [0, 0.1) is 12.8 Å². The van der Waals surface area contributed by atoms with Crippen LogP contribution >= 0.6 is 0 Å². The summed E-state index contributed by atoms with van der Waals surface area (Å²) in [5.41, 5.74) is 1.02. The van der Waals surface area contributed by atoms with Crippen LogP contribution in [0.2, 0.25) is 0 Å². The van der Waals surface area contributed by atoms with Gasteiger partial charge in [-0.3, -0.25) is 9.59 Å². The second-order valence-electron chi connectivity index (χ2n) is 8.78. The third kappa shape index (κ3) is 4.42. The molecule has 2 aliphatic heterocycles. The molecule has 2 heterocycles. The molecule has 1 aromatic carbocycles. The molecule has 0 spiro atoms. The van der Waals surface area contributed by atoms with Crippen LogP contribution in [0.15, 0.2) is 24.3 Å². The second kappa shape index (κ2) is 8.74. The molecular formula is C23H33N3O3. The number of nitrogens with zero attached hydrogens (tertiary/aromatic N) is 2. The average molecular weight is 400 g/mol. The maximum Gasteiger partial charge on any atom is 0.263 e. The molecule has 1 N–H and O–H groups in total. The van der Waals surface area contributed by atoms with Crippen molar-refractivity contribution < 1.29 is 14.3 Å². The van der Waals surface area contributed by atoms with Gasteiger partial charge in [0.25, 0.3) is 5.91 Å². The van der Waals surface area contributed by atoms with E-state index >= 15 is 0 Å². The minimum absolute atomic E-state index is 0.00892. The van der Waals surface area contributed by atoms with Crippen LogP contribution in [0.1, 0.15) is 44.6 Å². The predicted molar refractivity (Wildman–Crippen MR) is 112 cm³/mol. The van der Waals surface area contributed by atoms with Gasteiger partial charge in [-0.25, -0.2) is 0 Å². The number of carbonyl (C=O) groups is 2. The summed E-state index contributed by atoms with van der Waals surface area (Å²) < 4.78 is 5.89. The molecule has 1 aromatic rings. The van der Waals surface area contributed by atoms with Crippen LogP contribution in [-0.4, -0.2) is 66.0 Å². The lowest BCUT2D eigenvalue weighted by Gasteiger charge is -2.37. The Balaban J connectivity index is 1.27.